The van der Waals surface area contributed by atoms with E-state index < -0.39 is 0 Å². The molecule has 0 aliphatic heterocycles. The van der Waals surface area contributed by atoms with Crippen LogP contribution in [0.15, 0.2) is 24.3 Å². The van der Waals surface area contributed by atoms with Crippen molar-refractivity contribution in [3.8, 4) is 0 Å². The second kappa shape index (κ2) is 4.71. The van der Waals surface area contributed by atoms with Crippen molar-refractivity contribution in [1.82, 2.24) is 5.32 Å². The van der Waals surface area contributed by atoms with Gasteiger partial charge in [-0.1, -0.05) is 24.4 Å². The first-order valence-electron chi connectivity index (χ1n) is 5.52. The van der Waals surface area contributed by atoms with E-state index in [-0.39, 0.29) is 6.03 Å². The van der Waals surface area contributed by atoms with Crippen LogP contribution in [0.5, 0.6) is 0 Å². The van der Waals surface area contributed by atoms with Crippen LogP contribution in [0.1, 0.15) is 18.4 Å². The lowest BCUT2D eigenvalue weighted by Gasteiger charge is -2.18. The summed E-state index contributed by atoms with van der Waals surface area (Å²) in [7, 11) is 1.73. The number of rotatable bonds is 3. The number of carbonyl (C=O) groups is 1. The molecule has 2 rings (SSSR count). The van der Waals surface area contributed by atoms with Gasteiger partial charge < -0.3 is 11.1 Å². The summed E-state index contributed by atoms with van der Waals surface area (Å²) in [6.45, 7) is 0. The maximum Gasteiger partial charge on any atom is 0.321 e. The van der Waals surface area contributed by atoms with E-state index in [0.29, 0.717) is 11.0 Å². The zero-order valence-electron chi connectivity index (χ0n) is 9.64. The van der Waals surface area contributed by atoms with Crippen LogP contribution in [-0.2, 0) is 0 Å². The van der Waals surface area contributed by atoms with Crippen molar-refractivity contribution >= 4 is 28.9 Å². The molecule has 3 N–H and O–H groups in total. The van der Waals surface area contributed by atoms with Gasteiger partial charge in [-0.05, 0) is 25.0 Å². The van der Waals surface area contributed by atoms with E-state index in [1.165, 1.54) is 0 Å². The Balaban J connectivity index is 2.11. The van der Waals surface area contributed by atoms with Gasteiger partial charge in [0.25, 0.3) is 0 Å². The maximum atomic E-state index is 11.8. The van der Waals surface area contributed by atoms with Crippen LogP contribution in [0.25, 0.3) is 0 Å². The average Bonchev–Trinajstić information content (AvgIpc) is 3.12. The van der Waals surface area contributed by atoms with Crippen molar-refractivity contribution in [2.75, 3.05) is 11.9 Å². The number of anilines is 1. The number of nitrogens with one attached hydrogen (secondary N) is 1. The summed E-state index contributed by atoms with van der Waals surface area (Å²) in [6.07, 6.45) is 2.15. The summed E-state index contributed by atoms with van der Waals surface area (Å²) in [6, 6.07) is 7.60. The van der Waals surface area contributed by atoms with E-state index in [9.17, 15) is 4.79 Å². The molecule has 90 valence electrons. The third-order valence-electron chi connectivity index (χ3n) is 2.73. The minimum atomic E-state index is -0.0902. The van der Waals surface area contributed by atoms with Crippen LogP contribution in [0.4, 0.5) is 10.5 Å². The third kappa shape index (κ3) is 2.94. The number of amides is 2. The lowest BCUT2D eigenvalue weighted by molar-refractivity contribution is 0.247. The summed E-state index contributed by atoms with van der Waals surface area (Å²) >= 11 is 4.91. The lowest BCUT2D eigenvalue weighted by atomic mass is 10.2. The fourth-order valence-electron chi connectivity index (χ4n) is 1.48. The highest BCUT2D eigenvalue weighted by molar-refractivity contribution is 7.80. The van der Waals surface area contributed by atoms with E-state index in [4.69, 9.17) is 18.0 Å². The van der Waals surface area contributed by atoms with Crippen molar-refractivity contribution in [3.63, 3.8) is 0 Å². The number of nitrogens with zero attached hydrogens (tertiary/aromatic N) is 1. The molecule has 0 aromatic heterocycles. The summed E-state index contributed by atoms with van der Waals surface area (Å²) < 4.78 is 0. The van der Waals surface area contributed by atoms with Gasteiger partial charge in [-0.25, -0.2) is 4.79 Å². The van der Waals surface area contributed by atoms with Gasteiger partial charge >= 0.3 is 6.03 Å². The number of hydrogen-bond acceptors (Lipinski definition) is 2. The average molecular weight is 249 g/mol. The topological polar surface area (TPSA) is 58.4 Å². The van der Waals surface area contributed by atoms with Gasteiger partial charge in [0.2, 0.25) is 0 Å². The van der Waals surface area contributed by atoms with Crippen LogP contribution in [0.3, 0.4) is 0 Å². The molecule has 1 aromatic rings. The molecule has 1 aliphatic carbocycles. The Kier molecular flexibility index (Phi) is 3.28. The van der Waals surface area contributed by atoms with Gasteiger partial charge in [0.1, 0.15) is 4.99 Å². The zero-order chi connectivity index (χ0) is 12.4. The van der Waals surface area contributed by atoms with Gasteiger partial charge in [0.05, 0.1) is 0 Å². The standard InChI is InChI=1S/C12H15N3OS/c1-15(12(16)14-9-5-6-9)10-4-2-3-8(7-10)11(13)17/h2-4,7,9H,5-6H2,1H3,(H2,13,17)(H,14,16). The van der Waals surface area contributed by atoms with Crippen molar-refractivity contribution in [3.05, 3.63) is 29.8 Å². The largest absolute Gasteiger partial charge is 0.389 e. The third-order valence-corrected chi connectivity index (χ3v) is 2.96. The van der Waals surface area contributed by atoms with E-state index in [1.54, 1.807) is 11.9 Å². The molecule has 5 heteroatoms. The Labute approximate surface area is 106 Å². The molecule has 4 nitrogen and oxygen atoms in total. The van der Waals surface area contributed by atoms with E-state index in [1.807, 2.05) is 24.3 Å². The van der Waals surface area contributed by atoms with Crippen LogP contribution in [-0.4, -0.2) is 24.1 Å². The molecule has 0 saturated heterocycles. The molecule has 0 radical (unpaired) electrons. The number of nitrogens with two attached hydrogens (primary N) is 1. The number of thiocarbonyl (C=S) groups is 1. The molecule has 1 fully saturated rings. The molecule has 0 heterocycles. The van der Waals surface area contributed by atoms with Crippen molar-refractivity contribution in [2.24, 2.45) is 5.73 Å². The molecular weight excluding hydrogens is 234 g/mol. The molecule has 17 heavy (non-hydrogen) atoms. The SMILES string of the molecule is CN(C(=O)NC1CC1)c1cccc(C(N)=S)c1. The highest BCUT2D eigenvalue weighted by atomic mass is 32.1. The number of hydrogen-bond donors (Lipinski definition) is 2. The summed E-state index contributed by atoms with van der Waals surface area (Å²) in [5, 5.41) is 2.92. The van der Waals surface area contributed by atoms with Crippen molar-refractivity contribution < 1.29 is 4.79 Å². The Hall–Kier alpha value is -1.62. The monoisotopic (exact) mass is 249 g/mol. The molecule has 2 amide bonds. The fraction of sp³-hybridized carbons (Fsp3) is 0.333. The molecule has 1 aliphatic rings. The second-order valence-corrected chi connectivity index (χ2v) is 4.64. The number of carbonyl (C=O) groups excluding carboxylic acids is 1. The number of urea groups is 1. The minimum absolute atomic E-state index is 0.0902. The zero-order valence-corrected chi connectivity index (χ0v) is 10.5. The van der Waals surface area contributed by atoms with Gasteiger partial charge in [0, 0.05) is 24.3 Å². The van der Waals surface area contributed by atoms with Crippen molar-refractivity contribution in [1.29, 1.82) is 0 Å². The fourth-order valence-corrected chi connectivity index (χ4v) is 1.61. The molecule has 0 unspecified atom stereocenters. The maximum absolute atomic E-state index is 11.8. The van der Waals surface area contributed by atoms with Gasteiger partial charge in [-0.3, -0.25) is 4.90 Å². The van der Waals surface area contributed by atoms with Crippen LogP contribution in [0, 0.1) is 0 Å². The lowest BCUT2D eigenvalue weighted by Crippen LogP contribution is -2.38. The van der Waals surface area contributed by atoms with Crippen LogP contribution < -0.4 is 16.0 Å². The van der Waals surface area contributed by atoms with E-state index in [2.05, 4.69) is 5.32 Å². The molecule has 0 spiro atoms. The first kappa shape index (κ1) is 11.9. The molecule has 0 atom stereocenters. The summed E-state index contributed by atoms with van der Waals surface area (Å²) in [4.78, 5) is 13.7. The highest BCUT2D eigenvalue weighted by Gasteiger charge is 2.25. The van der Waals surface area contributed by atoms with Crippen molar-refractivity contribution in [2.45, 2.75) is 18.9 Å². The smallest absolute Gasteiger partial charge is 0.321 e. The number of benzene rings is 1. The Morgan fingerprint density at radius 1 is 1.53 bits per heavy atom. The summed E-state index contributed by atoms with van der Waals surface area (Å²) in [5.41, 5.74) is 7.11. The Morgan fingerprint density at radius 2 is 2.24 bits per heavy atom. The molecule has 1 aromatic carbocycles. The van der Waals surface area contributed by atoms with Gasteiger partial charge in [-0.2, -0.15) is 0 Å². The predicted octanol–water partition coefficient (Wildman–Crippen LogP) is 1.63. The normalized spacial score (nSPS) is 14.2. The first-order valence-corrected chi connectivity index (χ1v) is 5.93. The minimum Gasteiger partial charge on any atom is -0.389 e. The highest BCUT2D eigenvalue weighted by Crippen LogP contribution is 2.20. The van der Waals surface area contributed by atoms with E-state index >= 15 is 0 Å². The molecule has 0 bridgehead atoms. The van der Waals surface area contributed by atoms with Crippen LogP contribution >= 0.6 is 12.2 Å². The Bertz CT molecular complexity index is 457. The summed E-state index contributed by atoms with van der Waals surface area (Å²) in [5.74, 6) is 0. The predicted molar refractivity (Wildman–Crippen MR) is 72.3 cm³/mol. The Morgan fingerprint density at radius 3 is 2.82 bits per heavy atom. The van der Waals surface area contributed by atoms with Gasteiger partial charge in [0.15, 0.2) is 0 Å². The van der Waals surface area contributed by atoms with Gasteiger partial charge in [-0.15, -0.1) is 0 Å². The quantitative estimate of drug-likeness (QED) is 0.800. The molecule has 1 saturated carbocycles. The van der Waals surface area contributed by atoms with E-state index in [0.717, 1.165) is 24.1 Å². The second-order valence-electron chi connectivity index (χ2n) is 4.20. The first-order chi connectivity index (χ1) is 8.08. The van der Waals surface area contributed by atoms with Crippen LogP contribution in [0.2, 0.25) is 0 Å². The molecular formula is C12H15N3OS.